The molecule has 0 bridgehead atoms. The van der Waals surface area contributed by atoms with E-state index in [1.54, 1.807) is 29.9 Å². The highest BCUT2D eigenvalue weighted by molar-refractivity contribution is 7.71. The molecule has 1 atom stereocenters. The standard InChI is InChI=1S/C15H19N3O4S/c1-21-10-3-4-11(13(5-10)22-2)12-6-14(20)17-15(23)18(12)8-9(19)7-16/h3-6,9,19H,7-8,16H2,1-2H3,(H,17,20,23). The van der Waals surface area contributed by atoms with E-state index in [4.69, 9.17) is 27.4 Å². The largest absolute Gasteiger partial charge is 0.497 e. The Kier molecular flexibility index (Phi) is 5.54. The Hall–Kier alpha value is -2.16. The maximum Gasteiger partial charge on any atom is 0.252 e. The number of ether oxygens (including phenoxy) is 2. The predicted molar refractivity (Wildman–Crippen MR) is 89.5 cm³/mol. The summed E-state index contributed by atoms with van der Waals surface area (Å²) in [6, 6.07) is 6.64. The van der Waals surface area contributed by atoms with Crippen molar-refractivity contribution < 1.29 is 14.6 Å². The Morgan fingerprint density at radius 1 is 1.35 bits per heavy atom. The zero-order chi connectivity index (χ0) is 17.0. The average molecular weight is 337 g/mol. The SMILES string of the molecule is COc1ccc(-c2cc(=O)[nH]c(=S)n2CC(O)CN)c(OC)c1. The summed E-state index contributed by atoms with van der Waals surface area (Å²) >= 11 is 5.21. The second kappa shape index (κ2) is 7.40. The molecule has 1 heterocycles. The van der Waals surface area contributed by atoms with E-state index in [1.165, 1.54) is 13.2 Å². The fraction of sp³-hybridized carbons (Fsp3) is 0.333. The van der Waals surface area contributed by atoms with Crippen molar-refractivity contribution >= 4 is 12.2 Å². The first kappa shape index (κ1) is 17.2. The molecule has 2 rings (SSSR count). The van der Waals surface area contributed by atoms with Crippen molar-refractivity contribution in [3.8, 4) is 22.8 Å². The van der Waals surface area contributed by atoms with Crippen molar-refractivity contribution in [1.82, 2.24) is 9.55 Å². The molecule has 0 amide bonds. The Balaban J connectivity index is 2.67. The van der Waals surface area contributed by atoms with Crippen LogP contribution < -0.4 is 20.8 Å². The Morgan fingerprint density at radius 3 is 2.70 bits per heavy atom. The minimum atomic E-state index is -0.782. The summed E-state index contributed by atoms with van der Waals surface area (Å²) in [7, 11) is 3.08. The Labute approximate surface area is 138 Å². The third kappa shape index (κ3) is 3.79. The van der Waals surface area contributed by atoms with Crippen molar-refractivity contribution in [1.29, 1.82) is 0 Å². The van der Waals surface area contributed by atoms with Crippen LogP contribution in [0.2, 0.25) is 0 Å². The van der Waals surface area contributed by atoms with Crippen LogP contribution in [0.15, 0.2) is 29.1 Å². The molecule has 4 N–H and O–H groups in total. The van der Waals surface area contributed by atoms with Gasteiger partial charge in [-0.1, -0.05) is 0 Å². The van der Waals surface area contributed by atoms with Gasteiger partial charge in [0.2, 0.25) is 0 Å². The van der Waals surface area contributed by atoms with Gasteiger partial charge in [-0.3, -0.25) is 9.78 Å². The van der Waals surface area contributed by atoms with Crippen LogP contribution in [0.25, 0.3) is 11.3 Å². The number of nitrogens with one attached hydrogen (secondary N) is 1. The first-order chi connectivity index (χ1) is 11.0. The van der Waals surface area contributed by atoms with Gasteiger partial charge in [0.15, 0.2) is 4.77 Å². The number of aromatic amines is 1. The number of nitrogens with zero attached hydrogens (tertiary/aromatic N) is 1. The summed E-state index contributed by atoms with van der Waals surface area (Å²) in [5.41, 5.74) is 6.33. The topological polar surface area (TPSA) is 102 Å². The summed E-state index contributed by atoms with van der Waals surface area (Å²) in [5, 5.41) is 9.85. The molecule has 0 saturated carbocycles. The zero-order valence-corrected chi connectivity index (χ0v) is 13.7. The molecular weight excluding hydrogens is 318 g/mol. The predicted octanol–water partition coefficient (Wildman–Crippen LogP) is 0.910. The lowest BCUT2D eigenvalue weighted by atomic mass is 10.1. The van der Waals surface area contributed by atoms with Crippen LogP contribution in [0.4, 0.5) is 0 Å². The molecule has 0 aliphatic carbocycles. The number of aromatic nitrogens is 2. The fourth-order valence-corrected chi connectivity index (χ4v) is 2.49. The summed E-state index contributed by atoms with van der Waals surface area (Å²) in [6.07, 6.45) is -0.782. The molecule has 1 unspecified atom stereocenters. The summed E-state index contributed by atoms with van der Waals surface area (Å²) in [4.78, 5) is 14.4. The number of nitrogens with two attached hydrogens (primary N) is 1. The maximum absolute atomic E-state index is 11.8. The molecule has 1 aromatic heterocycles. The number of benzene rings is 1. The highest BCUT2D eigenvalue weighted by atomic mass is 32.1. The molecule has 0 aliphatic rings. The van der Waals surface area contributed by atoms with E-state index in [1.807, 2.05) is 0 Å². The van der Waals surface area contributed by atoms with Crippen molar-refractivity contribution in [2.24, 2.45) is 5.73 Å². The number of rotatable bonds is 6. The number of aliphatic hydroxyl groups excluding tert-OH is 1. The highest BCUT2D eigenvalue weighted by Gasteiger charge is 2.15. The van der Waals surface area contributed by atoms with E-state index in [0.29, 0.717) is 22.8 Å². The molecule has 2 aromatic rings. The number of H-pyrrole nitrogens is 1. The molecule has 1 aromatic carbocycles. The lowest BCUT2D eigenvalue weighted by Gasteiger charge is -2.18. The molecule has 0 aliphatic heterocycles. The second-order valence-corrected chi connectivity index (χ2v) is 5.28. The average Bonchev–Trinajstić information content (AvgIpc) is 2.56. The van der Waals surface area contributed by atoms with Crippen molar-refractivity contribution in [3.63, 3.8) is 0 Å². The van der Waals surface area contributed by atoms with E-state index < -0.39 is 6.10 Å². The van der Waals surface area contributed by atoms with E-state index in [0.717, 1.165) is 0 Å². The summed E-state index contributed by atoms with van der Waals surface area (Å²) in [6.45, 7) is 0.247. The van der Waals surface area contributed by atoms with Crippen LogP contribution in [0, 0.1) is 4.77 Å². The van der Waals surface area contributed by atoms with Crippen LogP contribution in [0.1, 0.15) is 0 Å². The van der Waals surface area contributed by atoms with Gasteiger partial charge < -0.3 is 24.9 Å². The van der Waals surface area contributed by atoms with Gasteiger partial charge in [-0.25, -0.2) is 0 Å². The molecule has 0 fully saturated rings. The van der Waals surface area contributed by atoms with E-state index in [9.17, 15) is 9.90 Å². The van der Waals surface area contributed by atoms with Crippen LogP contribution in [0.3, 0.4) is 0 Å². The van der Waals surface area contributed by atoms with Gasteiger partial charge >= 0.3 is 0 Å². The van der Waals surface area contributed by atoms with Gasteiger partial charge in [-0.15, -0.1) is 0 Å². The van der Waals surface area contributed by atoms with E-state index in [2.05, 4.69) is 4.98 Å². The lowest BCUT2D eigenvalue weighted by Crippen LogP contribution is -2.27. The molecule has 0 saturated heterocycles. The maximum atomic E-state index is 11.8. The van der Waals surface area contributed by atoms with Gasteiger partial charge in [0.1, 0.15) is 11.5 Å². The minimum Gasteiger partial charge on any atom is -0.497 e. The lowest BCUT2D eigenvalue weighted by molar-refractivity contribution is 0.161. The third-order valence-corrected chi connectivity index (χ3v) is 3.71. The molecule has 0 radical (unpaired) electrons. The smallest absolute Gasteiger partial charge is 0.252 e. The second-order valence-electron chi connectivity index (χ2n) is 4.89. The monoisotopic (exact) mass is 337 g/mol. The molecule has 23 heavy (non-hydrogen) atoms. The molecule has 124 valence electrons. The first-order valence-electron chi connectivity index (χ1n) is 6.94. The quantitative estimate of drug-likeness (QED) is 0.677. The van der Waals surface area contributed by atoms with Crippen LogP contribution in [-0.2, 0) is 6.54 Å². The molecule has 7 nitrogen and oxygen atoms in total. The Morgan fingerprint density at radius 2 is 2.09 bits per heavy atom. The first-order valence-corrected chi connectivity index (χ1v) is 7.35. The van der Waals surface area contributed by atoms with Crippen LogP contribution in [0.5, 0.6) is 11.5 Å². The third-order valence-electron chi connectivity index (χ3n) is 3.38. The zero-order valence-electron chi connectivity index (χ0n) is 12.9. The van der Waals surface area contributed by atoms with E-state index in [-0.39, 0.29) is 23.4 Å². The van der Waals surface area contributed by atoms with Gasteiger partial charge in [0.05, 0.1) is 32.6 Å². The Bertz CT molecular complexity index is 800. The van der Waals surface area contributed by atoms with Crippen LogP contribution >= 0.6 is 12.2 Å². The number of aliphatic hydroxyl groups is 1. The molecular formula is C15H19N3O4S. The number of hydrogen-bond acceptors (Lipinski definition) is 6. The van der Waals surface area contributed by atoms with Crippen molar-refractivity contribution in [2.45, 2.75) is 12.6 Å². The van der Waals surface area contributed by atoms with Gasteiger partial charge in [0, 0.05) is 24.2 Å². The van der Waals surface area contributed by atoms with Crippen molar-refractivity contribution in [2.75, 3.05) is 20.8 Å². The summed E-state index contributed by atoms with van der Waals surface area (Å²) < 4.78 is 12.4. The fourth-order valence-electron chi connectivity index (χ4n) is 2.22. The van der Waals surface area contributed by atoms with Crippen LogP contribution in [-0.4, -0.2) is 41.5 Å². The van der Waals surface area contributed by atoms with Gasteiger partial charge in [0.25, 0.3) is 5.56 Å². The molecule has 8 heteroatoms. The minimum absolute atomic E-state index is 0.0834. The number of hydrogen-bond donors (Lipinski definition) is 3. The van der Waals surface area contributed by atoms with Crippen molar-refractivity contribution in [3.05, 3.63) is 39.4 Å². The van der Waals surface area contributed by atoms with Gasteiger partial charge in [-0.2, -0.15) is 0 Å². The molecule has 0 spiro atoms. The highest BCUT2D eigenvalue weighted by Crippen LogP contribution is 2.32. The normalized spacial score (nSPS) is 12.0. The summed E-state index contributed by atoms with van der Waals surface area (Å²) in [5.74, 6) is 1.16. The number of methoxy groups -OCH3 is 2. The van der Waals surface area contributed by atoms with E-state index >= 15 is 0 Å². The van der Waals surface area contributed by atoms with Gasteiger partial charge in [-0.05, 0) is 24.4 Å².